The Hall–Kier alpha value is -5.86. The molecule has 0 aliphatic heterocycles. The molecule has 2 heterocycles. The normalized spacial score (nSPS) is 11.6. The Morgan fingerprint density at radius 2 is 0.795 bits per heavy atom. The minimum absolute atomic E-state index is 0.923. The average molecular weight is 562 g/mol. The lowest BCUT2D eigenvalue weighted by Gasteiger charge is -2.11. The second-order valence-electron chi connectivity index (χ2n) is 11.4. The van der Waals surface area contributed by atoms with Gasteiger partial charge in [0.05, 0.1) is 11.0 Å². The summed E-state index contributed by atoms with van der Waals surface area (Å²) in [6.45, 7) is 0. The van der Waals surface area contributed by atoms with Gasteiger partial charge in [-0.15, -0.1) is 0 Å². The standard InChI is InChI=1S/C42H27NO/c1-4-13-39-35(10-1)36-11-2-5-14-40(36)43(39)34-23-20-30(21-24-34)32-9-7-8-31(26-32)28-16-18-29(19-17-28)33-22-25-42-38(27-33)37-12-3-6-15-41(37)44-42/h1-27H. The highest BCUT2D eigenvalue weighted by molar-refractivity contribution is 6.09. The van der Waals surface area contributed by atoms with Crippen molar-refractivity contribution >= 4 is 43.7 Å². The van der Waals surface area contributed by atoms with E-state index in [0.717, 1.165) is 21.9 Å². The third-order valence-corrected chi connectivity index (χ3v) is 8.83. The number of para-hydroxylation sites is 3. The summed E-state index contributed by atoms with van der Waals surface area (Å²) in [6.07, 6.45) is 0. The van der Waals surface area contributed by atoms with Gasteiger partial charge < -0.3 is 8.98 Å². The number of nitrogens with zero attached hydrogens (tertiary/aromatic N) is 1. The monoisotopic (exact) mass is 561 g/mol. The maximum atomic E-state index is 6.03. The maximum absolute atomic E-state index is 6.03. The fourth-order valence-electron chi connectivity index (χ4n) is 6.64. The first-order valence-corrected chi connectivity index (χ1v) is 15.0. The number of fused-ring (bicyclic) bond motifs is 6. The van der Waals surface area contributed by atoms with E-state index in [2.05, 4.69) is 156 Å². The maximum Gasteiger partial charge on any atom is 0.135 e. The first-order chi connectivity index (χ1) is 21.8. The molecule has 0 unspecified atom stereocenters. The summed E-state index contributed by atoms with van der Waals surface area (Å²) in [5.41, 5.74) is 12.7. The Morgan fingerprint density at radius 1 is 0.318 bits per heavy atom. The molecule has 44 heavy (non-hydrogen) atoms. The average Bonchev–Trinajstić information content (AvgIpc) is 3.64. The van der Waals surface area contributed by atoms with Crippen LogP contribution in [0.3, 0.4) is 0 Å². The molecular formula is C42H27NO. The Morgan fingerprint density at radius 3 is 1.43 bits per heavy atom. The van der Waals surface area contributed by atoms with Gasteiger partial charge in [-0.2, -0.15) is 0 Å². The predicted octanol–water partition coefficient (Wildman–Crippen LogP) is 11.7. The highest BCUT2D eigenvalue weighted by Gasteiger charge is 2.12. The number of benzene rings is 7. The summed E-state index contributed by atoms with van der Waals surface area (Å²) >= 11 is 0. The van der Waals surface area contributed by atoms with Crippen molar-refractivity contribution < 1.29 is 4.42 Å². The topological polar surface area (TPSA) is 18.1 Å². The molecule has 9 aromatic rings. The van der Waals surface area contributed by atoms with Crippen LogP contribution in [-0.4, -0.2) is 4.57 Å². The van der Waals surface area contributed by atoms with Crippen molar-refractivity contribution in [1.29, 1.82) is 0 Å². The number of hydrogen-bond acceptors (Lipinski definition) is 1. The van der Waals surface area contributed by atoms with E-state index in [9.17, 15) is 0 Å². The molecule has 0 bridgehead atoms. The van der Waals surface area contributed by atoms with Crippen LogP contribution in [0.5, 0.6) is 0 Å². The first-order valence-electron chi connectivity index (χ1n) is 15.0. The third kappa shape index (κ3) is 3.96. The summed E-state index contributed by atoms with van der Waals surface area (Å²) < 4.78 is 8.39. The molecule has 2 aromatic heterocycles. The van der Waals surface area contributed by atoms with Crippen LogP contribution in [0.15, 0.2) is 168 Å². The predicted molar refractivity (Wildman–Crippen MR) is 184 cm³/mol. The quantitative estimate of drug-likeness (QED) is 0.209. The second kappa shape index (κ2) is 9.86. The summed E-state index contributed by atoms with van der Waals surface area (Å²) in [5.74, 6) is 0. The van der Waals surface area contributed by atoms with Gasteiger partial charge in [0.2, 0.25) is 0 Å². The summed E-state index contributed by atoms with van der Waals surface area (Å²) in [4.78, 5) is 0. The summed E-state index contributed by atoms with van der Waals surface area (Å²) in [5, 5.41) is 4.86. The molecule has 0 saturated carbocycles. The second-order valence-corrected chi connectivity index (χ2v) is 11.4. The van der Waals surface area contributed by atoms with Crippen LogP contribution >= 0.6 is 0 Å². The molecule has 0 aliphatic carbocycles. The van der Waals surface area contributed by atoms with E-state index in [1.54, 1.807) is 0 Å². The van der Waals surface area contributed by atoms with Gasteiger partial charge in [0, 0.05) is 27.2 Å². The van der Waals surface area contributed by atoms with Crippen LogP contribution in [0.1, 0.15) is 0 Å². The van der Waals surface area contributed by atoms with E-state index < -0.39 is 0 Å². The molecule has 0 N–H and O–H groups in total. The summed E-state index contributed by atoms with van der Waals surface area (Å²) in [6, 6.07) is 58.6. The largest absolute Gasteiger partial charge is 0.456 e. The van der Waals surface area contributed by atoms with Crippen molar-refractivity contribution in [1.82, 2.24) is 4.57 Å². The van der Waals surface area contributed by atoms with Gasteiger partial charge in [0.25, 0.3) is 0 Å². The van der Waals surface area contributed by atoms with Crippen LogP contribution in [0.4, 0.5) is 0 Å². The van der Waals surface area contributed by atoms with Crippen LogP contribution in [0, 0.1) is 0 Å². The first kappa shape index (κ1) is 24.7. The molecule has 2 heteroatoms. The number of furan rings is 1. The van der Waals surface area contributed by atoms with Crippen molar-refractivity contribution in [2.24, 2.45) is 0 Å². The molecule has 0 aliphatic rings. The van der Waals surface area contributed by atoms with Crippen LogP contribution in [0.2, 0.25) is 0 Å². The zero-order valence-electron chi connectivity index (χ0n) is 23.9. The lowest BCUT2D eigenvalue weighted by molar-refractivity contribution is 0.669. The molecule has 2 nitrogen and oxygen atoms in total. The number of aromatic nitrogens is 1. The number of hydrogen-bond donors (Lipinski definition) is 0. The molecule has 7 aromatic carbocycles. The minimum atomic E-state index is 0.923. The van der Waals surface area contributed by atoms with Crippen LogP contribution < -0.4 is 0 Å². The van der Waals surface area contributed by atoms with Gasteiger partial charge in [-0.3, -0.25) is 0 Å². The van der Waals surface area contributed by atoms with Crippen molar-refractivity contribution in [3.8, 4) is 39.1 Å². The van der Waals surface area contributed by atoms with Gasteiger partial charge >= 0.3 is 0 Å². The smallest absolute Gasteiger partial charge is 0.135 e. The van der Waals surface area contributed by atoms with Crippen LogP contribution in [-0.2, 0) is 0 Å². The Labute approximate surface area is 255 Å². The van der Waals surface area contributed by atoms with Crippen molar-refractivity contribution in [3.05, 3.63) is 164 Å². The fourth-order valence-corrected chi connectivity index (χ4v) is 6.64. The van der Waals surface area contributed by atoms with Gasteiger partial charge in [-0.1, -0.05) is 115 Å². The Kier molecular flexibility index (Phi) is 5.54. The van der Waals surface area contributed by atoms with E-state index in [-0.39, 0.29) is 0 Å². The van der Waals surface area contributed by atoms with E-state index in [1.807, 2.05) is 12.1 Å². The molecule has 0 fully saturated rings. The summed E-state index contributed by atoms with van der Waals surface area (Å²) in [7, 11) is 0. The Balaban J connectivity index is 1.03. The zero-order chi connectivity index (χ0) is 29.0. The van der Waals surface area contributed by atoms with E-state index in [4.69, 9.17) is 4.42 Å². The highest BCUT2D eigenvalue weighted by atomic mass is 16.3. The third-order valence-electron chi connectivity index (χ3n) is 8.83. The fraction of sp³-hybridized carbons (Fsp3) is 0. The molecule has 0 radical (unpaired) electrons. The highest BCUT2D eigenvalue weighted by Crippen LogP contribution is 2.35. The molecule has 0 saturated heterocycles. The zero-order valence-corrected chi connectivity index (χ0v) is 23.9. The van der Waals surface area contributed by atoms with Crippen molar-refractivity contribution in [2.45, 2.75) is 0 Å². The van der Waals surface area contributed by atoms with Gasteiger partial charge in [0.1, 0.15) is 11.2 Å². The van der Waals surface area contributed by atoms with E-state index in [1.165, 1.54) is 60.9 Å². The lowest BCUT2D eigenvalue weighted by atomic mass is 9.96. The molecule has 0 amide bonds. The van der Waals surface area contributed by atoms with Gasteiger partial charge in [-0.25, -0.2) is 0 Å². The molecule has 9 rings (SSSR count). The SMILES string of the molecule is c1cc(-c2ccc(-c3ccc4oc5ccccc5c4c3)cc2)cc(-c2ccc(-n3c4ccccc4c4ccccc43)cc2)c1. The molecule has 206 valence electrons. The Bertz CT molecular complexity index is 2420. The van der Waals surface area contributed by atoms with Gasteiger partial charge in [-0.05, 0) is 81.9 Å². The van der Waals surface area contributed by atoms with Gasteiger partial charge in [0.15, 0.2) is 0 Å². The molecular weight excluding hydrogens is 534 g/mol. The van der Waals surface area contributed by atoms with Crippen molar-refractivity contribution in [3.63, 3.8) is 0 Å². The van der Waals surface area contributed by atoms with Crippen LogP contribution in [0.25, 0.3) is 82.8 Å². The van der Waals surface area contributed by atoms with Crippen molar-refractivity contribution in [2.75, 3.05) is 0 Å². The van der Waals surface area contributed by atoms with E-state index >= 15 is 0 Å². The van der Waals surface area contributed by atoms with E-state index in [0.29, 0.717) is 0 Å². The molecule has 0 spiro atoms. The number of rotatable bonds is 4. The molecule has 0 atom stereocenters. The lowest BCUT2D eigenvalue weighted by Crippen LogP contribution is -1.93. The minimum Gasteiger partial charge on any atom is -0.456 e.